The van der Waals surface area contributed by atoms with E-state index in [9.17, 15) is 0 Å². The van der Waals surface area contributed by atoms with Crippen LogP contribution in [0.25, 0.3) is 0 Å². The molecule has 0 aliphatic heterocycles. The van der Waals surface area contributed by atoms with Crippen molar-refractivity contribution < 1.29 is 0 Å². The molecule has 0 heterocycles. The highest BCUT2D eigenvalue weighted by Gasteiger charge is 2.05. The first-order valence-electron chi connectivity index (χ1n) is 7.85. The van der Waals surface area contributed by atoms with Crippen molar-refractivity contribution in [2.45, 2.75) is 46.5 Å². The van der Waals surface area contributed by atoms with Crippen molar-refractivity contribution in [3.8, 4) is 0 Å². The second kappa shape index (κ2) is 7.66. The van der Waals surface area contributed by atoms with E-state index in [4.69, 9.17) is 11.6 Å². The summed E-state index contributed by atoms with van der Waals surface area (Å²) in [5.74, 6) is 0.742. The minimum atomic E-state index is 0.742. The van der Waals surface area contributed by atoms with Crippen LogP contribution < -0.4 is 0 Å². The number of benzene rings is 2. The molecule has 0 aliphatic carbocycles. The lowest BCUT2D eigenvalue weighted by atomic mass is 9.94. The summed E-state index contributed by atoms with van der Waals surface area (Å²) in [5.41, 5.74) is 5.30. The number of rotatable bonds is 6. The molecule has 0 nitrogen and oxygen atoms in total. The third kappa shape index (κ3) is 5.21. The lowest BCUT2D eigenvalue weighted by Gasteiger charge is -2.12. The molecule has 2 rings (SSSR count). The molecule has 2 aromatic rings. The minimum Gasteiger partial charge on any atom is -0.0840 e. The standard InChI is InChI=1S/C20H25Cl/c1-15-4-9-18(10-5-15)11-6-16(2)7-12-19-13-8-17(3)20(21)14-19/h4-5,8-10,13-14,16H,6-7,11-12H2,1-3H3. The Morgan fingerprint density at radius 1 is 0.857 bits per heavy atom. The number of halogens is 1. The van der Waals surface area contributed by atoms with Gasteiger partial charge in [-0.25, -0.2) is 0 Å². The van der Waals surface area contributed by atoms with Crippen molar-refractivity contribution in [2.75, 3.05) is 0 Å². The van der Waals surface area contributed by atoms with E-state index in [2.05, 4.69) is 63.2 Å². The Hall–Kier alpha value is -1.27. The van der Waals surface area contributed by atoms with Gasteiger partial charge in [0.05, 0.1) is 0 Å². The van der Waals surface area contributed by atoms with E-state index in [0.29, 0.717) is 0 Å². The molecule has 0 aromatic heterocycles. The Balaban J connectivity index is 1.77. The van der Waals surface area contributed by atoms with Crippen LogP contribution in [0.15, 0.2) is 42.5 Å². The molecule has 0 saturated heterocycles. The lowest BCUT2D eigenvalue weighted by Crippen LogP contribution is -2.00. The number of hydrogen-bond donors (Lipinski definition) is 0. The van der Waals surface area contributed by atoms with Gasteiger partial charge in [-0.15, -0.1) is 0 Å². The molecule has 0 aliphatic rings. The van der Waals surface area contributed by atoms with Gasteiger partial charge in [0.15, 0.2) is 0 Å². The molecule has 112 valence electrons. The SMILES string of the molecule is Cc1ccc(CCC(C)CCc2ccc(C)c(Cl)c2)cc1. The lowest BCUT2D eigenvalue weighted by molar-refractivity contribution is 0.493. The summed E-state index contributed by atoms with van der Waals surface area (Å²) >= 11 is 6.18. The number of hydrogen-bond acceptors (Lipinski definition) is 0. The smallest absolute Gasteiger partial charge is 0.0437 e. The highest BCUT2D eigenvalue weighted by Crippen LogP contribution is 2.20. The van der Waals surface area contributed by atoms with Crippen LogP contribution >= 0.6 is 11.6 Å². The van der Waals surface area contributed by atoms with Crippen molar-refractivity contribution in [1.82, 2.24) is 0 Å². The third-order valence-electron chi connectivity index (χ3n) is 4.21. The monoisotopic (exact) mass is 300 g/mol. The van der Waals surface area contributed by atoms with E-state index in [1.54, 1.807) is 0 Å². The molecule has 0 radical (unpaired) electrons. The highest BCUT2D eigenvalue weighted by molar-refractivity contribution is 6.31. The van der Waals surface area contributed by atoms with Crippen molar-refractivity contribution >= 4 is 11.6 Å². The molecule has 0 saturated carbocycles. The normalized spacial score (nSPS) is 12.4. The second-order valence-electron chi connectivity index (χ2n) is 6.25. The Morgan fingerprint density at radius 2 is 1.43 bits per heavy atom. The zero-order chi connectivity index (χ0) is 15.2. The van der Waals surface area contributed by atoms with Crippen molar-refractivity contribution in [1.29, 1.82) is 0 Å². The summed E-state index contributed by atoms with van der Waals surface area (Å²) in [6, 6.07) is 15.3. The maximum absolute atomic E-state index is 6.18. The topological polar surface area (TPSA) is 0 Å². The molecule has 1 unspecified atom stereocenters. The van der Waals surface area contributed by atoms with Gasteiger partial charge in [-0.05, 0) is 68.2 Å². The van der Waals surface area contributed by atoms with Crippen molar-refractivity contribution in [3.63, 3.8) is 0 Å². The second-order valence-corrected chi connectivity index (χ2v) is 6.66. The Kier molecular flexibility index (Phi) is 5.87. The van der Waals surface area contributed by atoms with Crippen LogP contribution in [0.1, 0.15) is 42.0 Å². The predicted octanol–water partition coefficient (Wildman–Crippen LogP) is 6.16. The Bertz CT molecular complexity index is 569. The van der Waals surface area contributed by atoms with Gasteiger partial charge in [-0.3, -0.25) is 0 Å². The summed E-state index contributed by atoms with van der Waals surface area (Å²) in [6.07, 6.45) is 4.78. The summed E-state index contributed by atoms with van der Waals surface area (Å²) in [6.45, 7) is 6.54. The maximum Gasteiger partial charge on any atom is 0.0437 e. The van der Waals surface area contributed by atoms with Crippen LogP contribution in [-0.4, -0.2) is 0 Å². The summed E-state index contributed by atoms with van der Waals surface area (Å²) < 4.78 is 0. The van der Waals surface area contributed by atoms with Gasteiger partial charge in [-0.1, -0.05) is 60.5 Å². The van der Waals surface area contributed by atoms with Crippen LogP contribution in [-0.2, 0) is 12.8 Å². The first-order chi connectivity index (χ1) is 10.0. The molecule has 1 heteroatoms. The molecular formula is C20H25Cl. The van der Waals surface area contributed by atoms with Crippen LogP contribution in [0, 0.1) is 19.8 Å². The van der Waals surface area contributed by atoms with Crippen molar-refractivity contribution in [2.24, 2.45) is 5.92 Å². The van der Waals surface area contributed by atoms with E-state index >= 15 is 0 Å². The molecule has 2 aromatic carbocycles. The quantitative estimate of drug-likeness (QED) is 0.599. The summed E-state index contributed by atoms with van der Waals surface area (Å²) in [5, 5.41) is 0.889. The molecule has 0 bridgehead atoms. The van der Waals surface area contributed by atoms with E-state index in [0.717, 1.165) is 22.9 Å². The average Bonchev–Trinajstić information content (AvgIpc) is 2.48. The van der Waals surface area contributed by atoms with Crippen LogP contribution in [0.2, 0.25) is 5.02 Å². The molecule has 0 spiro atoms. The predicted molar refractivity (Wildman–Crippen MR) is 93.2 cm³/mol. The molecule has 21 heavy (non-hydrogen) atoms. The fourth-order valence-electron chi connectivity index (χ4n) is 2.52. The molecular weight excluding hydrogens is 276 g/mol. The molecule has 0 amide bonds. The zero-order valence-corrected chi connectivity index (χ0v) is 14.1. The van der Waals surface area contributed by atoms with E-state index in [1.165, 1.54) is 36.0 Å². The van der Waals surface area contributed by atoms with Gasteiger partial charge >= 0.3 is 0 Å². The highest BCUT2D eigenvalue weighted by atomic mass is 35.5. The van der Waals surface area contributed by atoms with Crippen LogP contribution in [0.5, 0.6) is 0 Å². The van der Waals surface area contributed by atoms with E-state index < -0.39 is 0 Å². The van der Waals surface area contributed by atoms with Gasteiger partial charge in [0.25, 0.3) is 0 Å². The largest absolute Gasteiger partial charge is 0.0840 e. The van der Waals surface area contributed by atoms with Crippen LogP contribution in [0.3, 0.4) is 0 Å². The van der Waals surface area contributed by atoms with Crippen molar-refractivity contribution in [3.05, 3.63) is 69.7 Å². The number of aryl methyl sites for hydroxylation is 4. The summed E-state index contributed by atoms with van der Waals surface area (Å²) in [4.78, 5) is 0. The zero-order valence-electron chi connectivity index (χ0n) is 13.3. The van der Waals surface area contributed by atoms with Gasteiger partial charge < -0.3 is 0 Å². The van der Waals surface area contributed by atoms with E-state index in [-0.39, 0.29) is 0 Å². The minimum absolute atomic E-state index is 0.742. The summed E-state index contributed by atoms with van der Waals surface area (Å²) in [7, 11) is 0. The average molecular weight is 301 g/mol. The van der Waals surface area contributed by atoms with E-state index in [1.807, 2.05) is 0 Å². The van der Waals surface area contributed by atoms with Gasteiger partial charge in [0.1, 0.15) is 0 Å². The molecule has 0 fully saturated rings. The van der Waals surface area contributed by atoms with Crippen LogP contribution in [0.4, 0.5) is 0 Å². The maximum atomic E-state index is 6.18. The fourth-order valence-corrected chi connectivity index (χ4v) is 2.72. The van der Waals surface area contributed by atoms with Gasteiger partial charge in [0.2, 0.25) is 0 Å². The van der Waals surface area contributed by atoms with Gasteiger partial charge in [0, 0.05) is 5.02 Å². The Morgan fingerprint density at radius 3 is 2.05 bits per heavy atom. The Labute approximate surface area is 134 Å². The fraction of sp³-hybridized carbons (Fsp3) is 0.400. The third-order valence-corrected chi connectivity index (χ3v) is 4.62. The first-order valence-corrected chi connectivity index (χ1v) is 8.23. The molecule has 1 atom stereocenters. The van der Waals surface area contributed by atoms with Gasteiger partial charge in [-0.2, -0.15) is 0 Å². The molecule has 0 N–H and O–H groups in total. The first kappa shape index (κ1) is 16.1.